The number of alkyl halides is 3. The molecule has 3 rings (SSSR count). The number of hydrogen-bond donors (Lipinski definition) is 0. The first-order chi connectivity index (χ1) is 9.89. The van der Waals surface area contributed by atoms with Crippen LogP contribution in [0.3, 0.4) is 0 Å². The molecule has 0 N–H and O–H groups in total. The second-order valence-electron chi connectivity index (χ2n) is 5.55. The van der Waals surface area contributed by atoms with E-state index in [0.717, 1.165) is 53.3 Å². The number of aromatic nitrogens is 3. The normalized spacial score (nSPS) is 15.1. The Hall–Kier alpha value is -1.85. The Morgan fingerprint density at radius 1 is 1.05 bits per heavy atom. The van der Waals surface area contributed by atoms with E-state index in [9.17, 15) is 13.2 Å². The number of aryl methyl sites for hydroxylation is 2. The van der Waals surface area contributed by atoms with Gasteiger partial charge in [-0.15, -0.1) is 10.2 Å². The van der Waals surface area contributed by atoms with Crippen molar-refractivity contribution in [2.24, 2.45) is 0 Å². The van der Waals surface area contributed by atoms with E-state index >= 15 is 0 Å². The molecule has 2 aromatic rings. The van der Waals surface area contributed by atoms with Gasteiger partial charge < -0.3 is 0 Å². The lowest BCUT2D eigenvalue weighted by molar-refractivity contribution is -0.146. The number of benzene rings is 1. The maximum absolute atomic E-state index is 13.1. The summed E-state index contributed by atoms with van der Waals surface area (Å²) in [6.07, 6.45) is 0.488. The summed E-state index contributed by atoms with van der Waals surface area (Å²) in [6, 6.07) is 1.96. The minimum absolute atomic E-state index is 0.604. The molecule has 3 nitrogen and oxygen atoms in total. The number of halogens is 3. The van der Waals surface area contributed by atoms with Crippen molar-refractivity contribution >= 4 is 0 Å². The van der Waals surface area contributed by atoms with Gasteiger partial charge in [-0.1, -0.05) is 6.07 Å². The predicted molar refractivity (Wildman–Crippen MR) is 72.5 cm³/mol. The molecule has 1 aliphatic carbocycles. The largest absolute Gasteiger partial charge is 0.452 e. The summed E-state index contributed by atoms with van der Waals surface area (Å²) in [5.74, 6) is -0.956. The van der Waals surface area contributed by atoms with Crippen LogP contribution < -0.4 is 0 Å². The van der Waals surface area contributed by atoms with Crippen LogP contribution in [0.25, 0.3) is 5.69 Å². The van der Waals surface area contributed by atoms with Gasteiger partial charge in [-0.05, 0) is 61.8 Å². The van der Waals surface area contributed by atoms with Gasteiger partial charge in [0.05, 0.1) is 5.69 Å². The highest BCUT2D eigenvalue weighted by Crippen LogP contribution is 2.35. The summed E-state index contributed by atoms with van der Waals surface area (Å²) in [5.41, 5.74) is 4.80. The molecule has 0 aliphatic heterocycles. The van der Waals surface area contributed by atoms with Crippen LogP contribution in [0, 0.1) is 13.8 Å². The first-order valence-corrected chi connectivity index (χ1v) is 6.99. The molecule has 1 aromatic carbocycles. The van der Waals surface area contributed by atoms with E-state index in [1.165, 1.54) is 5.56 Å². The zero-order chi connectivity index (χ0) is 15.2. The van der Waals surface area contributed by atoms with Crippen molar-refractivity contribution in [2.75, 3.05) is 0 Å². The Kier molecular flexibility index (Phi) is 3.26. The highest BCUT2D eigenvalue weighted by molar-refractivity contribution is 5.56. The summed E-state index contributed by atoms with van der Waals surface area (Å²) >= 11 is 0. The van der Waals surface area contributed by atoms with Crippen LogP contribution in [0.5, 0.6) is 0 Å². The standard InChI is InChI=1S/C15H16F3N3/c1-9-7-10(2)13(12-6-4-3-5-11(9)12)21-8-19-20-14(21)15(16,17)18/h7-8H,3-6H2,1-2H3. The maximum Gasteiger partial charge on any atom is 0.452 e. The van der Waals surface area contributed by atoms with E-state index in [-0.39, 0.29) is 0 Å². The number of rotatable bonds is 1. The van der Waals surface area contributed by atoms with Crippen molar-refractivity contribution in [3.8, 4) is 5.69 Å². The molecule has 1 aliphatic rings. The molecule has 0 bridgehead atoms. The minimum atomic E-state index is -4.50. The Morgan fingerprint density at radius 2 is 1.71 bits per heavy atom. The van der Waals surface area contributed by atoms with Crippen molar-refractivity contribution in [3.63, 3.8) is 0 Å². The van der Waals surface area contributed by atoms with Gasteiger partial charge >= 0.3 is 6.18 Å². The zero-order valence-electron chi connectivity index (χ0n) is 12.0. The molecule has 6 heteroatoms. The average molecular weight is 295 g/mol. The van der Waals surface area contributed by atoms with E-state index in [1.807, 2.05) is 19.9 Å². The first-order valence-electron chi connectivity index (χ1n) is 6.99. The van der Waals surface area contributed by atoms with Crippen LogP contribution >= 0.6 is 0 Å². The molecule has 0 atom stereocenters. The van der Waals surface area contributed by atoms with Gasteiger partial charge in [-0.25, -0.2) is 0 Å². The number of nitrogens with zero attached hydrogens (tertiary/aromatic N) is 3. The van der Waals surface area contributed by atoms with E-state index in [1.54, 1.807) is 0 Å². The van der Waals surface area contributed by atoms with Crippen LogP contribution in [0.1, 0.15) is 40.9 Å². The van der Waals surface area contributed by atoms with Crippen molar-refractivity contribution in [2.45, 2.75) is 45.7 Å². The third-order valence-electron chi connectivity index (χ3n) is 4.08. The molecule has 0 spiro atoms. The van der Waals surface area contributed by atoms with Gasteiger partial charge in [0.2, 0.25) is 5.82 Å². The number of hydrogen-bond acceptors (Lipinski definition) is 2. The van der Waals surface area contributed by atoms with Gasteiger partial charge in [0.15, 0.2) is 0 Å². The quantitative estimate of drug-likeness (QED) is 0.801. The molecule has 21 heavy (non-hydrogen) atoms. The molecule has 0 saturated carbocycles. The molecule has 112 valence electrons. The van der Waals surface area contributed by atoms with Gasteiger partial charge in [-0.3, -0.25) is 4.57 Å². The third-order valence-corrected chi connectivity index (χ3v) is 4.08. The second kappa shape index (κ2) is 4.86. The average Bonchev–Trinajstić information content (AvgIpc) is 2.88. The fourth-order valence-electron chi connectivity index (χ4n) is 3.25. The Labute approximate surface area is 120 Å². The molecule has 0 radical (unpaired) electrons. The molecule has 0 saturated heterocycles. The smallest absolute Gasteiger partial charge is 0.277 e. The maximum atomic E-state index is 13.1. The summed E-state index contributed by atoms with van der Waals surface area (Å²) in [4.78, 5) is 0. The summed E-state index contributed by atoms with van der Waals surface area (Å²) in [5, 5.41) is 6.73. The fraction of sp³-hybridized carbons (Fsp3) is 0.467. The zero-order valence-corrected chi connectivity index (χ0v) is 12.0. The van der Waals surface area contributed by atoms with Crippen molar-refractivity contribution in [1.29, 1.82) is 0 Å². The second-order valence-corrected chi connectivity index (χ2v) is 5.55. The minimum Gasteiger partial charge on any atom is -0.277 e. The molecule has 0 unspecified atom stereocenters. The van der Waals surface area contributed by atoms with Crippen molar-refractivity contribution in [3.05, 3.63) is 40.5 Å². The van der Waals surface area contributed by atoms with Gasteiger partial charge in [0.25, 0.3) is 0 Å². The van der Waals surface area contributed by atoms with Crippen LogP contribution in [0.4, 0.5) is 13.2 Å². The molecule has 1 heterocycles. The summed E-state index contributed by atoms with van der Waals surface area (Å²) in [6.45, 7) is 3.87. The monoisotopic (exact) mass is 295 g/mol. The van der Waals surface area contributed by atoms with Gasteiger partial charge in [0.1, 0.15) is 6.33 Å². The topological polar surface area (TPSA) is 30.7 Å². The fourth-order valence-corrected chi connectivity index (χ4v) is 3.25. The molecule has 0 amide bonds. The molecular weight excluding hydrogens is 279 g/mol. The lowest BCUT2D eigenvalue weighted by atomic mass is 9.85. The molecule has 1 aromatic heterocycles. The molecule has 0 fully saturated rings. The Morgan fingerprint density at radius 3 is 2.38 bits per heavy atom. The highest BCUT2D eigenvalue weighted by atomic mass is 19.4. The van der Waals surface area contributed by atoms with E-state index < -0.39 is 12.0 Å². The predicted octanol–water partition coefficient (Wildman–Crippen LogP) is 3.78. The van der Waals surface area contributed by atoms with Crippen molar-refractivity contribution < 1.29 is 13.2 Å². The Balaban J connectivity index is 2.27. The highest BCUT2D eigenvalue weighted by Gasteiger charge is 2.38. The lowest BCUT2D eigenvalue weighted by Gasteiger charge is -2.24. The van der Waals surface area contributed by atoms with E-state index in [0.29, 0.717) is 5.69 Å². The first kappa shape index (κ1) is 14.1. The van der Waals surface area contributed by atoms with Gasteiger partial charge in [-0.2, -0.15) is 13.2 Å². The number of fused-ring (bicyclic) bond motifs is 1. The lowest BCUT2D eigenvalue weighted by Crippen LogP contribution is -2.18. The Bertz CT molecular complexity index is 686. The van der Waals surface area contributed by atoms with Crippen LogP contribution in [-0.4, -0.2) is 14.8 Å². The van der Waals surface area contributed by atoms with E-state index in [4.69, 9.17) is 0 Å². The van der Waals surface area contributed by atoms with Crippen LogP contribution in [-0.2, 0) is 19.0 Å². The van der Waals surface area contributed by atoms with Crippen LogP contribution in [0.2, 0.25) is 0 Å². The van der Waals surface area contributed by atoms with E-state index in [2.05, 4.69) is 10.2 Å². The van der Waals surface area contributed by atoms with Gasteiger partial charge in [0, 0.05) is 0 Å². The summed E-state index contributed by atoms with van der Waals surface area (Å²) < 4.78 is 40.4. The molecular formula is C15H16F3N3. The third kappa shape index (κ3) is 2.32. The van der Waals surface area contributed by atoms with Crippen molar-refractivity contribution in [1.82, 2.24) is 14.8 Å². The summed E-state index contributed by atoms with van der Waals surface area (Å²) in [7, 11) is 0. The van der Waals surface area contributed by atoms with Crippen LogP contribution in [0.15, 0.2) is 12.4 Å². The SMILES string of the molecule is Cc1cc(C)c(-n2cnnc2C(F)(F)F)c2c1CCCC2.